The smallest absolute Gasteiger partial charge is 0.300 e. The van der Waals surface area contributed by atoms with E-state index in [9.17, 15) is 14.7 Å². The van der Waals surface area contributed by atoms with Crippen molar-refractivity contribution in [2.45, 2.75) is 6.04 Å². The Morgan fingerprint density at radius 3 is 2.34 bits per heavy atom. The van der Waals surface area contributed by atoms with Gasteiger partial charge in [-0.25, -0.2) is 0 Å². The summed E-state index contributed by atoms with van der Waals surface area (Å²) in [5.41, 5.74) is 0.696. The molecule has 0 radical (unpaired) electrons. The Hall–Kier alpha value is -3.73. The predicted molar refractivity (Wildman–Crippen MR) is 118 cm³/mol. The number of anilines is 1. The second kappa shape index (κ2) is 8.42. The molecule has 0 spiro atoms. The summed E-state index contributed by atoms with van der Waals surface area (Å²) in [5.74, 6) is -1.75. The van der Waals surface area contributed by atoms with E-state index in [1.807, 2.05) is 6.07 Å². The second-order valence-corrected chi connectivity index (χ2v) is 7.63. The van der Waals surface area contributed by atoms with Crippen LogP contribution in [-0.2, 0) is 9.59 Å². The molecule has 1 aromatic heterocycles. The number of hydrogen-bond acceptors (Lipinski definition) is 6. The SMILES string of the molecule is COc1c(Cl)cc(/C(O)=C2/C(=O)C(=O)N(c3ccc(C#N)cc3)C2c2ccco2)cc1Cl. The van der Waals surface area contributed by atoms with E-state index >= 15 is 0 Å². The quantitative estimate of drug-likeness (QED) is 0.324. The number of nitrogens with zero attached hydrogens (tertiary/aromatic N) is 2. The standard InChI is InChI=1S/C23H14Cl2N2O5/c1-31-22-15(24)9-13(10-16(22)25)20(28)18-19(17-3-2-8-32-17)27(23(30)21(18)29)14-6-4-12(11-26)5-7-14/h2-10,19,28H,1H3/b20-18-. The van der Waals surface area contributed by atoms with Crippen molar-refractivity contribution in [2.75, 3.05) is 12.0 Å². The molecule has 1 N–H and O–H groups in total. The average Bonchev–Trinajstić information content (AvgIpc) is 3.40. The molecule has 2 heterocycles. The summed E-state index contributed by atoms with van der Waals surface area (Å²) < 4.78 is 10.6. The molecule has 9 heteroatoms. The van der Waals surface area contributed by atoms with Gasteiger partial charge in [-0.3, -0.25) is 14.5 Å². The van der Waals surface area contributed by atoms with E-state index in [1.165, 1.54) is 42.5 Å². The first-order chi connectivity index (χ1) is 15.4. The molecular formula is C23H14Cl2N2O5. The zero-order valence-corrected chi connectivity index (χ0v) is 18.0. The van der Waals surface area contributed by atoms with Gasteiger partial charge in [0.25, 0.3) is 11.7 Å². The largest absolute Gasteiger partial charge is 0.507 e. The summed E-state index contributed by atoms with van der Waals surface area (Å²) in [7, 11) is 1.40. The third-order valence-corrected chi connectivity index (χ3v) is 5.57. The molecule has 1 fully saturated rings. The van der Waals surface area contributed by atoms with Crippen LogP contribution in [0.2, 0.25) is 10.0 Å². The molecule has 160 valence electrons. The summed E-state index contributed by atoms with van der Waals surface area (Å²) in [5, 5.41) is 20.4. The van der Waals surface area contributed by atoms with Crippen LogP contribution in [0, 0.1) is 11.3 Å². The number of carbonyl (C=O) groups is 2. The van der Waals surface area contributed by atoms with E-state index in [-0.39, 0.29) is 32.7 Å². The van der Waals surface area contributed by atoms with Gasteiger partial charge in [0.1, 0.15) is 17.6 Å². The van der Waals surface area contributed by atoms with Gasteiger partial charge < -0.3 is 14.3 Å². The van der Waals surface area contributed by atoms with Gasteiger partial charge in [0.05, 0.1) is 40.6 Å². The number of aliphatic hydroxyl groups is 1. The highest BCUT2D eigenvalue weighted by molar-refractivity contribution is 6.51. The molecule has 0 aliphatic carbocycles. The number of hydrogen-bond donors (Lipinski definition) is 1. The number of ether oxygens (including phenoxy) is 1. The van der Waals surface area contributed by atoms with Crippen molar-refractivity contribution in [3.05, 3.63) is 87.3 Å². The first kappa shape index (κ1) is 21.5. The Kier molecular flexibility index (Phi) is 5.66. The topological polar surface area (TPSA) is 104 Å². The number of Topliss-reactive ketones (excluding diaryl/α,β-unsaturated/α-hetero) is 1. The lowest BCUT2D eigenvalue weighted by molar-refractivity contribution is -0.132. The number of aliphatic hydroxyl groups excluding tert-OH is 1. The van der Waals surface area contributed by atoms with E-state index in [1.54, 1.807) is 24.3 Å². The van der Waals surface area contributed by atoms with Crippen LogP contribution < -0.4 is 9.64 Å². The Morgan fingerprint density at radius 2 is 1.81 bits per heavy atom. The highest BCUT2D eigenvalue weighted by atomic mass is 35.5. The summed E-state index contributed by atoms with van der Waals surface area (Å²) in [4.78, 5) is 27.2. The maximum Gasteiger partial charge on any atom is 0.300 e. The molecule has 0 saturated carbocycles. The van der Waals surface area contributed by atoms with Gasteiger partial charge in [0, 0.05) is 11.3 Å². The van der Waals surface area contributed by atoms with Crippen molar-refractivity contribution in [1.29, 1.82) is 5.26 Å². The Labute approximate surface area is 192 Å². The molecule has 1 unspecified atom stereocenters. The molecule has 3 aromatic rings. The minimum atomic E-state index is -1.04. The monoisotopic (exact) mass is 468 g/mol. The van der Waals surface area contributed by atoms with Crippen molar-refractivity contribution >= 4 is 46.3 Å². The number of rotatable bonds is 4. The lowest BCUT2D eigenvalue weighted by Gasteiger charge is -2.23. The number of halogens is 2. The van der Waals surface area contributed by atoms with Crippen LogP contribution in [0.5, 0.6) is 5.75 Å². The van der Waals surface area contributed by atoms with E-state index in [0.29, 0.717) is 11.3 Å². The summed E-state index contributed by atoms with van der Waals surface area (Å²) in [6.45, 7) is 0. The number of furan rings is 1. The van der Waals surface area contributed by atoms with E-state index in [2.05, 4.69) is 0 Å². The molecule has 2 aromatic carbocycles. The highest BCUT2D eigenvalue weighted by Gasteiger charge is 2.48. The van der Waals surface area contributed by atoms with Crippen LogP contribution in [0.25, 0.3) is 5.76 Å². The maximum atomic E-state index is 13.0. The molecule has 4 rings (SSSR count). The van der Waals surface area contributed by atoms with Crippen molar-refractivity contribution in [1.82, 2.24) is 0 Å². The fraction of sp³-hybridized carbons (Fsp3) is 0.0870. The zero-order chi connectivity index (χ0) is 23.0. The maximum absolute atomic E-state index is 13.0. The molecule has 1 aliphatic rings. The molecule has 32 heavy (non-hydrogen) atoms. The third kappa shape index (κ3) is 3.50. The summed E-state index contributed by atoms with van der Waals surface area (Å²) in [6.07, 6.45) is 1.40. The van der Waals surface area contributed by atoms with Gasteiger partial charge >= 0.3 is 0 Å². The molecule has 1 aliphatic heterocycles. The molecule has 1 saturated heterocycles. The van der Waals surface area contributed by atoms with Crippen LogP contribution in [0.1, 0.15) is 22.9 Å². The second-order valence-electron chi connectivity index (χ2n) is 6.82. The van der Waals surface area contributed by atoms with Gasteiger partial charge in [-0.15, -0.1) is 0 Å². The molecule has 0 bridgehead atoms. The minimum absolute atomic E-state index is 0.123. The van der Waals surface area contributed by atoms with Gasteiger partial charge in [-0.1, -0.05) is 23.2 Å². The van der Waals surface area contributed by atoms with Crippen LogP contribution >= 0.6 is 23.2 Å². The van der Waals surface area contributed by atoms with Crippen LogP contribution in [-0.4, -0.2) is 23.9 Å². The zero-order valence-electron chi connectivity index (χ0n) is 16.5. The van der Waals surface area contributed by atoms with Crippen LogP contribution in [0.15, 0.2) is 64.8 Å². The third-order valence-electron chi connectivity index (χ3n) is 5.01. The summed E-state index contributed by atoms with van der Waals surface area (Å²) >= 11 is 12.4. The number of ketones is 1. The number of methoxy groups -OCH3 is 1. The fourth-order valence-corrected chi connectivity index (χ4v) is 4.20. The highest BCUT2D eigenvalue weighted by Crippen LogP contribution is 2.43. The van der Waals surface area contributed by atoms with E-state index in [4.69, 9.17) is 37.6 Å². The Morgan fingerprint density at radius 1 is 1.16 bits per heavy atom. The van der Waals surface area contributed by atoms with E-state index < -0.39 is 23.5 Å². The Balaban J connectivity index is 1.92. The normalized spacial score (nSPS) is 17.4. The van der Waals surface area contributed by atoms with Gasteiger partial charge in [0.15, 0.2) is 5.75 Å². The molecule has 1 amide bonds. The molecule has 1 atom stereocenters. The van der Waals surface area contributed by atoms with Gasteiger partial charge in [-0.05, 0) is 48.5 Å². The lowest BCUT2D eigenvalue weighted by Crippen LogP contribution is -2.29. The van der Waals surface area contributed by atoms with Crippen LogP contribution in [0.3, 0.4) is 0 Å². The van der Waals surface area contributed by atoms with Crippen LogP contribution in [0.4, 0.5) is 5.69 Å². The fourth-order valence-electron chi connectivity index (χ4n) is 3.56. The minimum Gasteiger partial charge on any atom is -0.507 e. The van der Waals surface area contributed by atoms with Gasteiger partial charge in [-0.2, -0.15) is 5.26 Å². The average molecular weight is 469 g/mol. The van der Waals surface area contributed by atoms with Crippen molar-refractivity contribution in [2.24, 2.45) is 0 Å². The van der Waals surface area contributed by atoms with Crippen molar-refractivity contribution in [3.63, 3.8) is 0 Å². The lowest BCUT2D eigenvalue weighted by atomic mass is 9.99. The first-order valence-corrected chi connectivity index (χ1v) is 10.0. The Bertz CT molecular complexity index is 1270. The van der Waals surface area contributed by atoms with Crippen molar-refractivity contribution < 1.29 is 23.8 Å². The first-order valence-electron chi connectivity index (χ1n) is 9.25. The van der Waals surface area contributed by atoms with E-state index in [0.717, 1.165) is 0 Å². The number of amides is 1. The number of carbonyl (C=O) groups excluding carboxylic acids is 2. The van der Waals surface area contributed by atoms with Gasteiger partial charge in [0.2, 0.25) is 0 Å². The number of benzene rings is 2. The molecular weight excluding hydrogens is 455 g/mol. The van der Waals surface area contributed by atoms with Crippen molar-refractivity contribution in [3.8, 4) is 11.8 Å². The number of nitriles is 1. The molecule has 7 nitrogen and oxygen atoms in total. The predicted octanol–water partition coefficient (Wildman–Crippen LogP) is 5.09. The summed E-state index contributed by atoms with van der Waals surface area (Å²) in [6, 6.07) is 13.1.